The Labute approximate surface area is 112 Å². The van der Waals surface area contributed by atoms with Gasteiger partial charge in [-0.05, 0) is 12.1 Å². The zero-order valence-electron chi connectivity index (χ0n) is 9.15. The molecule has 0 saturated carbocycles. The molecule has 7 heteroatoms. The summed E-state index contributed by atoms with van der Waals surface area (Å²) in [6, 6.07) is 3.73. The molecule has 1 aromatic heterocycles. The first-order chi connectivity index (χ1) is 8.61. The van der Waals surface area contributed by atoms with Crippen LogP contribution in [0.2, 0.25) is 10.2 Å². The highest BCUT2D eigenvalue weighted by Gasteiger charge is 2.14. The normalized spacial score (nSPS) is 10.2. The lowest BCUT2D eigenvalue weighted by atomic mass is 10.3. The van der Waals surface area contributed by atoms with Gasteiger partial charge < -0.3 is 9.47 Å². The molecular formula is C11H7Cl2FN2O2. The number of halogens is 3. The molecule has 0 aliphatic rings. The van der Waals surface area contributed by atoms with Gasteiger partial charge in [-0.25, -0.2) is 9.37 Å². The average Bonchev–Trinajstić information content (AvgIpc) is 2.34. The molecule has 0 aliphatic heterocycles. The van der Waals surface area contributed by atoms with E-state index in [-0.39, 0.29) is 27.6 Å². The Balaban J connectivity index is 2.40. The van der Waals surface area contributed by atoms with Crippen LogP contribution in [0.5, 0.6) is 17.4 Å². The van der Waals surface area contributed by atoms with Crippen LogP contribution in [0.1, 0.15) is 0 Å². The molecule has 2 aromatic rings. The fourth-order valence-electron chi connectivity index (χ4n) is 1.24. The number of aromatic nitrogens is 2. The number of ether oxygens (including phenoxy) is 2. The number of hydrogen-bond donors (Lipinski definition) is 0. The van der Waals surface area contributed by atoms with Crippen molar-refractivity contribution in [3.8, 4) is 17.4 Å². The molecule has 0 bridgehead atoms. The first-order valence-corrected chi connectivity index (χ1v) is 5.55. The molecule has 18 heavy (non-hydrogen) atoms. The predicted octanol–water partition coefficient (Wildman–Crippen LogP) is 3.72. The molecule has 0 atom stereocenters. The van der Waals surface area contributed by atoms with E-state index in [4.69, 9.17) is 32.7 Å². The van der Waals surface area contributed by atoms with Gasteiger partial charge in [-0.1, -0.05) is 23.2 Å². The molecular weight excluding hydrogens is 282 g/mol. The van der Waals surface area contributed by atoms with Gasteiger partial charge in [-0.2, -0.15) is 4.98 Å². The summed E-state index contributed by atoms with van der Waals surface area (Å²) in [4.78, 5) is 7.59. The fourth-order valence-corrected chi connectivity index (χ4v) is 1.60. The molecule has 0 radical (unpaired) electrons. The lowest BCUT2D eigenvalue weighted by Crippen LogP contribution is -1.96. The minimum Gasteiger partial charge on any atom is -0.489 e. The van der Waals surface area contributed by atoms with E-state index in [9.17, 15) is 4.39 Å². The molecule has 0 N–H and O–H groups in total. The quantitative estimate of drug-likeness (QED) is 0.808. The first-order valence-electron chi connectivity index (χ1n) is 4.79. The van der Waals surface area contributed by atoms with Crippen molar-refractivity contribution in [2.45, 2.75) is 0 Å². The van der Waals surface area contributed by atoms with E-state index in [0.29, 0.717) is 0 Å². The van der Waals surface area contributed by atoms with Crippen LogP contribution < -0.4 is 9.47 Å². The van der Waals surface area contributed by atoms with E-state index in [1.807, 2.05) is 0 Å². The summed E-state index contributed by atoms with van der Waals surface area (Å²) >= 11 is 11.7. The van der Waals surface area contributed by atoms with Crippen LogP contribution in [0.15, 0.2) is 24.5 Å². The summed E-state index contributed by atoms with van der Waals surface area (Å²) in [6.07, 6.45) is 1.20. The maximum atomic E-state index is 13.1. The van der Waals surface area contributed by atoms with Crippen molar-refractivity contribution >= 4 is 23.2 Å². The Kier molecular flexibility index (Phi) is 3.84. The van der Waals surface area contributed by atoms with Gasteiger partial charge in [0.2, 0.25) is 5.75 Å². The van der Waals surface area contributed by atoms with Crippen LogP contribution in [-0.4, -0.2) is 17.1 Å². The monoisotopic (exact) mass is 288 g/mol. The highest BCUT2D eigenvalue weighted by atomic mass is 35.5. The number of rotatable bonds is 3. The molecule has 0 fully saturated rings. The van der Waals surface area contributed by atoms with Gasteiger partial charge in [-0.3, -0.25) is 0 Å². The van der Waals surface area contributed by atoms with Gasteiger partial charge >= 0.3 is 0 Å². The van der Waals surface area contributed by atoms with Gasteiger partial charge in [0.25, 0.3) is 5.88 Å². The molecule has 0 unspecified atom stereocenters. The highest BCUT2D eigenvalue weighted by molar-refractivity contribution is 6.32. The maximum absolute atomic E-state index is 13.1. The summed E-state index contributed by atoms with van der Waals surface area (Å²) in [6.45, 7) is 0. The molecule has 4 nitrogen and oxygen atoms in total. The van der Waals surface area contributed by atoms with Crippen molar-refractivity contribution in [3.05, 3.63) is 40.5 Å². The molecule has 94 valence electrons. The summed E-state index contributed by atoms with van der Waals surface area (Å²) in [7, 11) is 1.39. The van der Waals surface area contributed by atoms with Crippen molar-refractivity contribution in [3.63, 3.8) is 0 Å². The first kappa shape index (κ1) is 12.9. The van der Waals surface area contributed by atoms with Gasteiger partial charge in [0.1, 0.15) is 12.1 Å². The van der Waals surface area contributed by atoms with E-state index in [1.54, 1.807) is 0 Å². The minimum absolute atomic E-state index is 0.0602. The van der Waals surface area contributed by atoms with E-state index in [2.05, 4.69) is 9.97 Å². The predicted molar refractivity (Wildman–Crippen MR) is 65.1 cm³/mol. The Morgan fingerprint density at radius 3 is 2.72 bits per heavy atom. The van der Waals surface area contributed by atoms with Gasteiger partial charge in [0.05, 0.1) is 12.1 Å². The van der Waals surface area contributed by atoms with Crippen molar-refractivity contribution < 1.29 is 13.9 Å². The van der Waals surface area contributed by atoms with Gasteiger partial charge in [0.15, 0.2) is 10.9 Å². The smallest absolute Gasteiger partial charge is 0.267 e. The Morgan fingerprint density at radius 2 is 2.00 bits per heavy atom. The van der Waals surface area contributed by atoms with Crippen molar-refractivity contribution in [2.24, 2.45) is 0 Å². The van der Waals surface area contributed by atoms with Crippen LogP contribution >= 0.6 is 23.2 Å². The Morgan fingerprint density at radius 1 is 1.22 bits per heavy atom. The van der Waals surface area contributed by atoms with Crippen LogP contribution in [0.25, 0.3) is 0 Å². The largest absolute Gasteiger partial charge is 0.489 e. The van der Waals surface area contributed by atoms with Crippen molar-refractivity contribution in [1.29, 1.82) is 0 Å². The third-order valence-corrected chi connectivity index (χ3v) is 2.61. The lowest BCUT2D eigenvalue weighted by molar-refractivity contribution is 0.366. The van der Waals surface area contributed by atoms with Crippen LogP contribution in [-0.2, 0) is 0 Å². The van der Waals surface area contributed by atoms with Crippen LogP contribution in [0.4, 0.5) is 4.39 Å². The number of benzene rings is 1. The third kappa shape index (κ3) is 2.63. The second kappa shape index (κ2) is 5.37. The fraction of sp³-hybridized carbons (Fsp3) is 0.0909. The Bertz CT molecular complexity index is 581. The summed E-state index contributed by atoms with van der Waals surface area (Å²) in [5, 5.41) is 0.336. The molecule has 0 amide bonds. The topological polar surface area (TPSA) is 44.2 Å². The highest BCUT2D eigenvalue weighted by Crippen LogP contribution is 2.36. The van der Waals surface area contributed by atoms with E-state index < -0.39 is 5.82 Å². The van der Waals surface area contributed by atoms with Gasteiger partial charge in [0, 0.05) is 6.07 Å². The molecule has 1 aromatic carbocycles. The second-order valence-electron chi connectivity index (χ2n) is 3.18. The van der Waals surface area contributed by atoms with E-state index in [1.165, 1.54) is 25.6 Å². The zero-order chi connectivity index (χ0) is 13.1. The number of methoxy groups -OCH3 is 1. The summed E-state index contributed by atoms with van der Waals surface area (Å²) in [5.41, 5.74) is 0. The molecule has 0 aliphatic carbocycles. The zero-order valence-corrected chi connectivity index (χ0v) is 10.7. The molecule has 0 spiro atoms. The number of nitrogens with zero attached hydrogens (tertiary/aromatic N) is 2. The Hall–Kier alpha value is -1.59. The van der Waals surface area contributed by atoms with Gasteiger partial charge in [-0.15, -0.1) is 0 Å². The lowest BCUT2D eigenvalue weighted by Gasteiger charge is -2.10. The standard InChI is InChI=1S/C11H7Cl2FN2O2/c1-17-9-10(13)15-5-16-11(9)18-8-4-6(14)2-3-7(8)12/h2-5H,1H3. The molecule has 2 rings (SSSR count). The third-order valence-electron chi connectivity index (χ3n) is 2.03. The molecule has 1 heterocycles. The molecule has 0 saturated heterocycles. The van der Waals surface area contributed by atoms with E-state index >= 15 is 0 Å². The van der Waals surface area contributed by atoms with E-state index in [0.717, 1.165) is 6.07 Å². The number of hydrogen-bond acceptors (Lipinski definition) is 4. The van der Waals surface area contributed by atoms with Crippen molar-refractivity contribution in [2.75, 3.05) is 7.11 Å². The van der Waals surface area contributed by atoms with Crippen molar-refractivity contribution in [1.82, 2.24) is 9.97 Å². The summed E-state index contributed by atoms with van der Waals surface area (Å²) < 4.78 is 23.4. The maximum Gasteiger partial charge on any atom is 0.267 e. The SMILES string of the molecule is COc1c(Cl)ncnc1Oc1cc(F)ccc1Cl. The average molecular weight is 289 g/mol. The van der Waals surface area contributed by atoms with Crippen LogP contribution in [0.3, 0.4) is 0 Å². The second-order valence-corrected chi connectivity index (χ2v) is 3.94. The minimum atomic E-state index is -0.478. The summed E-state index contributed by atoms with van der Waals surface area (Å²) in [5.74, 6) is -0.150. The van der Waals surface area contributed by atoms with Crippen LogP contribution in [0, 0.1) is 5.82 Å².